The van der Waals surface area contributed by atoms with Crippen LogP contribution < -0.4 is 10.9 Å². The minimum absolute atomic E-state index is 0.130. The molecule has 0 aliphatic heterocycles. The largest absolute Gasteiger partial charge is 0.421 e. The molecule has 0 saturated carbocycles. The van der Waals surface area contributed by atoms with E-state index in [1.54, 1.807) is 48.7 Å². The van der Waals surface area contributed by atoms with Crippen molar-refractivity contribution in [2.24, 2.45) is 0 Å². The Morgan fingerprint density at radius 2 is 1.54 bits per heavy atom. The topological polar surface area (TPSA) is 104 Å². The van der Waals surface area contributed by atoms with Crippen LogP contribution >= 0.6 is 0 Å². The maximum Gasteiger partial charge on any atom is 0.421 e. The van der Waals surface area contributed by atoms with Crippen LogP contribution in [0, 0.1) is 0 Å². The number of carbonyl (C=O) groups is 2. The van der Waals surface area contributed by atoms with Crippen LogP contribution in [0.25, 0.3) is 22.3 Å². The summed E-state index contributed by atoms with van der Waals surface area (Å²) in [6.07, 6.45) is -4.91. The smallest absolute Gasteiger partial charge is 0.376 e. The number of pyridine rings is 2. The van der Waals surface area contributed by atoms with Gasteiger partial charge in [0.2, 0.25) is 5.91 Å². The van der Waals surface area contributed by atoms with Crippen LogP contribution in [0.15, 0.2) is 85.1 Å². The Morgan fingerprint density at radius 3 is 2.23 bits per heavy atom. The van der Waals surface area contributed by atoms with E-state index in [4.69, 9.17) is 0 Å². The number of hydrazine groups is 1. The predicted molar refractivity (Wildman–Crippen MR) is 122 cm³/mol. The van der Waals surface area contributed by atoms with Gasteiger partial charge in [-0.25, -0.2) is 4.98 Å². The van der Waals surface area contributed by atoms with Crippen LogP contribution in [0.4, 0.5) is 13.2 Å². The molecule has 2 amide bonds. The van der Waals surface area contributed by atoms with Crippen molar-refractivity contribution in [2.45, 2.75) is 18.2 Å². The third-order valence-corrected chi connectivity index (χ3v) is 5.34. The minimum atomic E-state index is -5.13. The quantitative estimate of drug-likeness (QED) is 0.376. The number of hydrogen-bond donors (Lipinski definition) is 3. The minimum Gasteiger partial charge on any atom is -0.376 e. The van der Waals surface area contributed by atoms with Gasteiger partial charge >= 0.3 is 6.18 Å². The van der Waals surface area contributed by atoms with Crippen LogP contribution in [-0.4, -0.2) is 33.1 Å². The zero-order chi connectivity index (χ0) is 25.1. The fourth-order valence-corrected chi connectivity index (χ4v) is 3.56. The van der Waals surface area contributed by atoms with E-state index in [2.05, 4.69) is 15.4 Å². The number of aromatic nitrogens is 2. The fourth-order valence-electron chi connectivity index (χ4n) is 3.56. The fraction of sp³-hybridized carbons (Fsp3) is 0.120. The summed E-state index contributed by atoms with van der Waals surface area (Å²) >= 11 is 0. The second-order valence-corrected chi connectivity index (χ2v) is 7.69. The highest BCUT2D eigenvalue weighted by molar-refractivity contribution is 6.07. The molecule has 7 nitrogen and oxygen atoms in total. The Morgan fingerprint density at radius 1 is 0.857 bits per heavy atom. The number of amides is 2. The van der Waals surface area contributed by atoms with Crippen LogP contribution in [-0.2, 0) is 10.4 Å². The number of fused-ring (bicyclic) bond motifs is 1. The first-order valence-corrected chi connectivity index (χ1v) is 10.4. The molecule has 2 aromatic heterocycles. The molecular formula is C25H19F3N4O3. The molecule has 0 radical (unpaired) electrons. The molecule has 0 spiro atoms. The lowest BCUT2D eigenvalue weighted by Gasteiger charge is -2.30. The third-order valence-electron chi connectivity index (χ3n) is 5.34. The standard InChI is InChI=1S/C25H19F3N4O3/c26-25(27,28)24(35,16-8-2-1-3-9-16)15-22(33)31-32-23(34)18-14-21(20-12-6-7-13-29-20)30-19-11-5-4-10-17(18)19/h1-14,35H,15H2,(H,31,33)(H,32,34)/t24-/m1/s1. The Labute approximate surface area is 197 Å². The van der Waals surface area contributed by atoms with Gasteiger partial charge in [-0.05, 0) is 29.8 Å². The first-order valence-electron chi connectivity index (χ1n) is 10.4. The number of aliphatic hydroxyl groups is 1. The molecule has 2 aromatic carbocycles. The van der Waals surface area contributed by atoms with Crippen LogP contribution in [0.2, 0.25) is 0 Å². The Balaban J connectivity index is 1.56. The number of carbonyl (C=O) groups excluding carboxylic acids is 2. The molecule has 10 heteroatoms. The first-order chi connectivity index (χ1) is 16.7. The summed E-state index contributed by atoms with van der Waals surface area (Å²) in [5.41, 5.74) is 1.70. The highest BCUT2D eigenvalue weighted by Crippen LogP contribution is 2.41. The van der Waals surface area contributed by atoms with Gasteiger partial charge in [-0.15, -0.1) is 0 Å². The van der Waals surface area contributed by atoms with Crippen molar-refractivity contribution in [1.82, 2.24) is 20.8 Å². The number of nitrogens with zero attached hydrogens (tertiary/aromatic N) is 2. The van der Waals surface area contributed by atoms with Gasteiger partial charge in [-0.2, -0.15) is 13.2 Å². The van der Waals surface area contributed by atoms with Crippen molar-refractivity contribution in [1.29, 1.82) is 0 Å². The number of nitrogens with one attached hydrogen (secondary N) is 2. The van der Waals surface area contributed by atoms with Crippen molar-refractivity contribution in [2.75, 3.05) is 0 Å². The van der Waals surface area contributed by atoms with Gasteiger partial charge in [0.1, 0.15) is 0 Å². The number of halogens is 3. The number of alkyl halides is 3. The highest BCUT2D eigenvalue weighted by atomic mass is 19.4. The van der Waals surface area contributed by atoms with E-state index in [1.165, 1.54) is 24.3 Å². The molecule has 4 aromatic rings. The lowest BCUT2D eigenvalue weighted by molar-refractivity contribution is -0.267. The second-order valence-electron chi connectivity index (χ2n) is 7.69. The van der Waals surface area contributed by atoms with Crippen molar-refractivity contribution < 1.29 is 27.9 Å². The summed E-state index contributed by atoms with van der Waals surface area (Å²) in [5.74, 6) is -2.00. The Kier molecular flexibility index (Phi) is 6.48. The summed E-state index contributed by atoms with van der Waals surface area (Å²) in [7, 11) is 0. The van der Waals surface area contributed by atoms with Crippen LogP contribution in [0.1, 0.15) is 22.3 Å². The molecule has 35 heavy (non-hydrogen) atoms. The van der Waals surface area contributed by atoms with Gasteiger partial charge < -0.3 is 5.11 Å². The molecule has 0 bridgehead atoms. The van der Waals surface area contributed by atoms with E-state index in [0.29, 0.717) is 22.3 Å². The zero-order valence-electron chi connectivity index (χ0n) is 18.1. The number of benzene rings is 2. The first kappa shape index (κ1) is 23.8. The molecular weight excluding hydrogens is 461 g/mol. The maximum atomic E-state index is 13.7. The van der Waals surface area contributed by atoms with Gasteiger partial charge in [0, 0.05) is 11.6 Å². The number of hydrogen-bond acceptors (Lipinski definition) is 5. The highest BCUT2D eigenvalue weighted by Gasteiger charge is 2.56. The van der Waals surface area contributed by atoms with Crippen molar-refractivity contribution >= 4 is 22.7 Å². The molecule has 0 unspecified atom stereocenters. The van der Waals surface area contributed by atoms with E-state index < -0.39 is 35.6 Å². The van der Waals surface area contributed by atoms with Crippen molar-refractivity contribution in [3.8, 4) is 11.4 Å². The van der Waals surface area contributed by atoms with E-state index in [1.807, 2.05) is 5.43 Å². The molecule has 1 atom stereocenters. The van der Waals surface area contributed by atoms with Gasteiger partial charge in [-0.1, -0.05) is 54.6 Å². The van der Waals surface area contributed by atoms with Gasteiger partial charge in [0.15, 0.2) is 5.60 Å². The summed E-state index contributed by atoms with van der Waals surface area (Å²) in [4.78, 5) is 34.0. The third kappa shape index (κ3) is 4.97. The lowest BCUT2D eigenvalue weighted by atomic mass is 9.89. The normalized spacial score (nSPS) is 13.1. The predicted octanol–water partition coefficient (Wildman–Crippen LogP) is 3.90. The van der Waals surface area contributed by atoms with Gasteiger partial charge in [0.05, 0.1) is 28.9 Å². The monoisotopic (exact) mass is 480 g/mol. The molecule has 0 aliphatic carbocycles. The Hall–Kier alpha value is -4.31. The van der Waals surface area contributed by atoms with Crippen LogP contribution in [0.5, 0.6) is 0 Å². The molecule has 0 aliphatic rings. The SMILES string of the molecule is O=C(C[C@@](O)(c1ccccc1)C(F)(F)F)NNC(=O)c1cc(-c2ccccn2)nc2ccccc12. The van der Waals surface area contributed by atoms with E-state index in [9.17, 15) is 27.9 Å². The van der Waals surface area contributed by atoms with E-state index in [-0.39, 0.29) is 5.56 Å². The average Bonchev–Trinajstić information content (AvgIpc) is 2.87. The molecule has 2 heterocycles. The number of rotatable bonds is 5. The lowest BCUT2D eigenvalue weighted by Crippen LogP contribution is -2.49. The molecule has 0 saturated heterocycles. The summed E-state index contributed by atoms with van der Waals surface area (Å²) in [5, 5.41) is 10.8. The van der Waals surface area contributed by atoms with Crippen molar-refractivity contribution in [3.63, 3.8) is 0 Å². The van der Waals surface area contributed by atoms with E-state index >= 15 is 0 Å². The Bertz CT molecular complexity index is 1370. The van der Waals surface area contributed by atoms with Crippen molar-refractivity contribution in [3.05, 3.63) is 96.2 Å². The molecule has 178 valence electrons. The zero-order valence-corrected chi connectivity index (χ0v) is 18.1. The summed E-state index contributed by atoms with van der Waals surface area (Å²) in [6.45, 7) is 0. The molecule has 0 fully saturated rings. The summed E-state index contributed by atoms with van der Waals surface area (Å²) in [6, 6.07) is 19.7. The average molecular weight is 480 g/mol. The van der Waals surface area contributed by atoms with Crippen LogP contribution in [0.3, 0.4) is 0 Å². The molecule has 4 rings (SSSR count). The molecule has 3 N–H and O–H groups in total. The van der Waals surface area contributed by atoms with Gasteiger partial charge in [0.25, 0.3) is 5.91 Å². The van der Waals surface area contributed by atoms with E-state index in [0.717, 1.165) is 12.1 Å². The maximum absolute atomic E-state index is 13.7. The second kappa shape index (κ2) is 9.51. The van der Waals surface area contributed by atoms with Gasteiger partial charge in [-0.3, -0.25) is 25.4 Å². The summed E-state index contributed by atoms with van der Waals surface area (Å²) < 4.78 is 41.0. The number of para-hydroxylation sites is 1.